The second-order valence-electron chi connectivity index (χ2n) is 4.85. The number of sulfonamides is 1. The van der Waals surface area contributed by atoms with Crippen LogP contribution in [0.5, 0.6) is 0 Å². The van der Waals surface area contributed by atoms with Crippen molar-refractivity contribution in [3.63, 3.8) is 0 Å². The first-order chi connectivity index (χ1) is 10.1. The van der Waals surface area contributed by atoms with Gasteiger partial charge in [-0.05, 0) is 44.4 Å². The molecule has 0 unspecified atom stereocenters. The molecule has 0 bridgehead atoms. The molecule has 0 fully saturated rings. The number of hydrogen-bond acceptors (Lipinski definition) is 5. The molecule has 21 heavy (non-hydrogen) atoms. The minimum atomic E-state index is -3.35. The number of hydrogen-bond donors (Lipinski definition) is 2. The maximum atomic E-state index is 12.1. The molecule has 0 aliphatic carbocycles. The van der Waals surface area contributed by atoms with E-state index in [1.54, 1.807) is 13.2 Å². The molecule has 0 saturated carbocycles. The SMILES string of the molecule is CCCNCc1ccc(S(=O)(=O)NCCCCCOC)s1. The van der Waals surface area contributed by atoms with Crippen molar-refractivity contribution in [2.24, 2.45) is 0 Å². The average molecular weight is 335 g/mol. The smallest absolute Gasteiger partial charge is 0.250 e. The zero-order chi connectivity index (χ0) is 15.6. The summed E-state index contributed by atoms with van der Waals surface area (Å²) in [5.41, 5.74) is 0. The second kappa shape index (κ2) is 10.3. The predicted molar refractivity (Wildman–Crippen MR) is 87.2 cm³/mol. The lowest BCUT2D eigenvalue weighted by molar-refractivity contribution is 0.192. The maximum Gasteiger partial charge on any atom is 0.250 e. The Labute approximate surface area is 132 Å². The number of unbranched alkanes of at least 4 members (excludes halogenated alkanes) is 2. The van der Waals surface area contributed by atoms with Gasteiger partial charge in [0.1, 0.15) is 4.21 Å². The molecule has 0 spiro atoms. The quantitative estimate of drug-likeness (QED) is 0.576. The molecule has 2 N–H and O–H groups in total. The van der Waals surface area contributed by atoms with E-state index in [1.165, 1.54) is 11.3 Å². The Morgan fingerprint density at radius 2 is 2.00 bits per heavy atom. The predicted octanol–water partition coefficient (Wildman–Crippen LogP) is 2.34. The van der Waals surface area contributed by atoms with E-state index in [1.807, 2.05) is 6.07 Å². The molecule has 122 valence electrons. The summed E-state index contributed by atoms with van der Waals surface area (Å²) in [5, 5.41) is 3.27. The van der Waals surface area contributed by atoms with Gasteiger partial charge in [-0.2, -0.15) is 0 Å². The first-order valence-electron chi connectivity index (χ1n) is 7.38. The number of nitrogens with one attached hydrogen (secondary N) is 2. The summed E-state index contributed by atoms with van der Waals surface area (Å²) >= 11 is 1.33. The molecule has 0 radical (unpaired) electrons. The molecule has 7 heteroatoms. The van der Waals surface area contributed by atoms with E-state index in [0.29, 0.717) is 10.8 Å². The highest BCUT2D eigenvalue weighted by Crippen LogP contribution is 2.21. The van der Waals surface area contributed by atoms with Gasteiger partial charge in [-0.25, -0.2) is 13.1 Å². The topological polar surface area (TPSA) is 67.4 Å². The van der Waals surface area contributed by atoms with Gasteiger partial charge in [-0.1, -0.05) is 6.92 Å². The van der Waals surface area contributed by atoms with Crippen molar-refractivity contribution in [2.75, 3.05) is 26.8 Å². The molecule has 1 rings (SSSR count). The Morgan fingerprint density at radius 1 is 1.19 bits per heavy atom. The normalized spacial score (nSPS) is 11.9. The Bertz CT molecular complexity index is 486. The molecule has 5 nitrogen and oxygen atoms in total. The molecule has 1 heterocycles. The van der Waals surface area contributed by atoms with E-state index in [2.05, 4.69) is 17.0 Å². The highest BCUT2D eigenvalue weighted by Gasteiger charge is 2.15. The number of methoxy groups -OCH3 is 1. The second-order valence-corrected chi connectivity index (χ2v) is 8.01. The third kappa shape index (κ3) is 7.37. The number of ether oxygens (including phenoxy) is 1. The minimum Gasteiger partial charge on any atom is -0.385 e. The van der Waals surface area contributed by atoms with Crippen LogP contribution in [0.1, 0.15) is 37.5 Å². The number of rotatable bonds is 12. The van der Waals surface area contributed by atoms with Gasteiger partial charge in [-0.3, -0.25) is 0 Å². The van der Waals surface area contributed by atoms with Crippen molar-refractivity contribution in [1.82, 2.24) is 10.0 Å². The summed E-state index contributed by atoms with van der Waals surface area (Å²) < 4.78 is 32.2. The van der Waals surface area contributed by atoms with Gasteiger partial charge in [0.2, 0.25) is 10.0 Å². The van der Waals surface area contributed by atoms with E-state index in [0.717, 1.165) is 50.3 Å². The number of thiophene rings is 1. The molecule has 0 aliphatic rings. The first-order valence-corrected chi connectivity index (χ1v) is 9.68. The molecular weight excluding hydrogens is 308 g/mol. The first kappa shape index (κ1) is 18.6. The van der Waals surface area contributed by atoms with Crippen molar-refractivity contribution in [3.05, 3.63) is 17.0 Å². The molecular formula is C14H26N2O3S2. The van der Waals surface area contributed by atoms with Crippen molar-refractivity contribution < 1.29 is 13.2 Å². The lowest BCUT2D eigenvalue weighted by Gasteiger charge is -2.04. The van der Waals surface area contributed by atoms with Crippen LogP contribution < -0.4 is 10.0 Å². The van der Waals surface area contributed by atoms with Gasteiger partial charge in [0, 0.05) is 31.7 Å². The molecule has 1 aromatic rings. The highest BCUT2D eigenvalue weighted by atomic mass is 32.2. The summed E-state index contributed by atoms with van der Waals surface area (Å²) in [6.07, 6.45) is 3.83. The largest absolute Gasteiger partial charge is 0.385 e. The minimum absolute atomic E-state index is 0.396. The summed E-state index contributed by atoms with van der Waals surface area (Å²) in [6, 6.07) is 3.56. The Kier molecular flexibility index (Phi) is 9.10. The van der Waals surface area contributed by atoms with Crippen LogP contribution in [0, 0.1) is 0 Å². The molecule has 0 amide bonds. The lowest BCUT2D eigenvalue weighted by atomic mass is 10.2. The fraction of sp³-hybridized carbons (Fsp3) is 0.714. The Hall–Kier alpha value is -0.470. The molecule has 0 atom stereocenters. The fourth-order valence-electron chi connectivity index (χ4n) is 1.81. The monoisotopic (exact) mass is 334 g/mol. The third-order valence-corrected chi connectivity index (χ3v) is 5.98. The van der Waals surface area contributed by atoms with Crippen molar-refractivity contribution in [1.29, 1.82) is 0 Å². The molecule has 0 aromatic carbocycles. The van der Waals surface area contributed by atoms with Crippen LogP contribution in [0.3, 0.4) is 0 Å². The highest BCUT2D eigenvalue weighted by molar-refractivity contribution is 7.91. The van der Waals surface area contributed by atoms with Crippen molar-refractivity contribution >= 4 is 21.4 Å². The van der Waals surface area contributed by atoms with Crippen LogP contribution in [-0.4, -0.2) is 35.2 Å². The summed E-state index contributed by atoms with van der Waals surface area (Å²) in [6.45, 7) is 4.98. The van der Waals surface area contributed by atoms with Gasteiger partial charge in [0.05, 0.1) is 0 Å². The maximum absolute atomic E-state index is 12.1. The lowest BCUT2D eigenvalue weighted by Crippen LogP contribution is -2.24. The van der Waals surface area contributed by atoms with Gasteiger partial charge >= 0.3 is 0 Å². The van der Waals surface area contributed by atoms with E-state index < -0.39 is 10.0 Å². The standard InChI is InChI=1S/C14H26N2O3S2/c1-3-9-15-12-13-7-8-14(20-13)21(17,18)16-10-5-4-6-11-19-2/h7-8,15-16H,3-6,9-12H2,1-2H3. The Morgan fingerprint density at radius 3 is 2.71 bits per heavy atom. The molecule has 1 aromatic heterocycles. The van der Waals surface area contributed by atoms with E-state index in [4.69, 9.17) is 4.74 Å². The van der Waals surface area contributed by atoms with Gasteiger partial charge < -0.3 is 10.1 Å². The van der Waals surface area contributed by atoms with Crippen LogP contribution in [0.2, 0.25) is 0 Å². The van der Waals surface area contributed by atoms with E-state index in [9.17, 15) is 8.42 Å². The summed E-state index contributed by atoms with van der Waals surface area (Å²) in [7, 11) is -1.68. The van der Waals surface area contributed by atoms with Gasteiger partial charge in [-0.15, -0.1) is 11.3 Å². The third-order valence-electron chi connectivity index (χ3n) is 2.95. The van der Waals surface area contributed by atoms with Crippen LogP contribution >= 0.6 is 11.3 Å². The average Bonchev–Trinajstić information content (AvgIpc) is 2.93. The Balaban J connectivity index is 2.36. The summed E-state index contributed by atoms with van der Waals surface area (Å²) in [5.74, 6) is 0. The van der Waals surface area contributed by atoms with Crippen LogP contribution in [-0.2, 0) is 21.3 Å². The zero-order valence-corrected chi connectivity index (χ0v) is 14.5. The van der Waals surface area contributed by atoms with Gasteiger partial charge in [0.15, 0.2) is 0 Å². The van der Waals surface area contributed by atoms with Crippen molar-refractivity contribution in [3.8, 4) is 0 Å². The van der Waals surface area contributed by atoms with Crippen molar-refractivity contribution in [2.45, 2.75) is 43.4 Å². The van der Waals surface area contributed by atoms with Crippen LogP contribution in [0.25, 0.3) is 0 Å². The van der Waals surface area contributed by atoms with Crippen LogP contribution in [0.15, 0.2) is 16.3 Å². The molecule has 0 aliphatic heterocycles. The fourth-order valence-corrected chi connectivity index (χ4v) is 4.26. The van der Waals surface area contributed by atoms with Gasteiger partial charge in [0.25, 0.3) is 0 Å². The van der Waals surface area contributed by atoms with Crippen LogP contribution in [0.4, 0.5) is 0 Å². The van der Waals surface area contributed by atoms with E-state index in [-0.39, 0.29) is 0 Å². The van der Waals surface area contributed by atoms with E-state index >= 15 is 0 Å². The summed E-state index contributed by atoms with van der Waals surface area (Å²) in [4.78, 5) is 1.05. The zero-order valence-electron chi connectivity index (χ0n) is 12.9. The molecule has 0 saturated heterocycles.